The minimum Gasteiger partial charge on any atom is -0.451 e. The first-order chi connectivity index (χ1) is 6.27. The molecule has 1 atom stereocenters. The Morgan fingerprint density at radius 3 is 3.00 bits per heavy atom. The monoisotopic (exact) mass is 196 g/mol. The van der Waals surface area contributed by atoms with E-state index in [-0.39, 0.29) is 0 Å². The maximum absolute atomic E-state index is 4.92. The van der Waals surface area contributed by atoms with Gasteiger partial charge < -0.3 is 4.42 Å². The van der Waals surface area contributed by atoms with E-state index >= 15 is 0 Å². The van der Waals surface area contributed by atoms with Gasteiger partial charge in [-0.1, -0.05) is 13.8 Å². The van der Waals surface area contributed by atoms with Crippen molar-refractivity contribution in [3.63, 3.8) is 0 Å². The van der Waals surface area contributed by atoms with Crippen molar-refractivity contribution >= 4 is 16.8 Å². The molecule has 0 bridgehead atoms. The van der Waals surface area contributed by atoms with Crippen molar-refractivity contribution < 1.29 is 4.42 Å². The third kappa shape index (κ3) is 1.77. The quantitative estimate of drug-likeness (QED) is 0.727. The van der Waals surface area contributed by atoms with E-state index in [9.17, 15) is 0 Å². The predicted molar refractivity (Wildman–Crippen MR) is 54.1 cm³/mol. The van der Waals surface area contributed by atoms with Gasteiger partial charge in [-0.15, -0.1) is 11.8 Å². The van der Waals surface area contributed by atoms with Crippen molar-refractivity contribution in [2.24, 2.45) is 10.9 Å². The molecule has 0 fully saturated rings. The molecule has 0 radical (unpaired) electrons. The standard InChI is InChI=1S/C9H12N2OS/c1-6(2)8-4-13-9(11-8)7-3-12-5-10-7/h3,5-6,8H,4H2,1-2H3. The SMILES string of the molecule is CC(C)C1CSC(c2cocn2)=N1. The van der Waals surface area contributed by atoms with Crippen molar-refractivity contribution in [1.29, 1.82) is 0 Å². The number of hydrogen-bond acceptors (Lipinski definition) is 4. The van der Waals surface area contributed by atoms with Gasteiger partial charge in [-0.25, -0.2) is 4.98 Å². The van der Waals surface area contributed by atoms with E-state index in [1.807, 2.05) is 0 Å². The van der Waals surface area contributed by atoms with Gasteiger partial charge in [-0.3, -0.25) is 4.99 Å². The van der Waals surface area contributed by atoms with E-state index in [1.54, 1.807) is 18.0 Å². The number of aromatic nitrogens is 1. The summed E-state index contributed by atoms with van der Waals surface area (Å²) < 4.78 is 4.92. The zero-order valence-electron chi connectivity index (χ0n) is 7.73. The molecular formula is C9H12N2OS. The molecule has 1 aliphatic heterocycles. The van der Waals surface area contributed by atoms with Gasteiger partial charge in [-0.2, -0.15) is 0 Å². The molecule has 0 amide bonds. The molecule has 13 heavy (non-hydrogen) atoms. The van der Waals surface area contributed by atoms with Crippen molar-refractivity contribution in [3.8, 4) is 0 Å². The predicted octanol–water partition coefficient (Wildman–Crippen LogP) is 2.19. The summed E-state index contributed by atoms with van der Waals surface area (Å²) in [7, 11) is 0. The molecule has 0 saturated carbocycles. The highest BCUT2D eigenvalue weighted by atomic mass is 32.2. The van der Waals surface area contributed by atoms with Crippen molar-refractivity contribution in [3.05, 3.63) is 18.4 Å². The van der Waals surface area contributed by atoms with Gasteiger partial charge in [0.15, 0.2) is 6.39 Å². The number of thioether (sulfide) groups is 1. The normalized spacial score (nSPS) is 22.4. The number of aliphatic imine (C=N–C) groups is 1. The number of oxazole rings is 1. The maximum atomic E-state index is 4.92. The van der Waals surface area contributed by atoms with Gasteiger partial charge in [0.1, 0.15) is 17.0 Å². The van der Waals surface area contributed by atoms with Crippen LogP contribution in [0.3, 0.4) is 0 Å². The fourth-order valence-electron chi connectivity index (χ4n) is 1.19. The minimum absolute atomic E-state index is 0.441. The summed E-state index contributed by atoms with van der Waals surface area (Å²) in [5.74, 6) is 1.68. The Balaban J connectivity index is 2.15. The Bertz CT molecular complexity index is 305. The van der Waals surface area contributed by atoms with Crippen LogP contribution in [0.4, 0.5) is 0 Å². The molecule has 1 aromatic rings. The Kier molecular flexibility index (Phi) is 2.40. The lowest BCUT2D eigenvalue weighted by atomic mass is 10.1. The van der Waals surface area contributed by atoms with Gasteiger partial charge in [-0.05, 0) is 5.92 Å². The number of rotatable bonds is 2. The average molecular weight is 196 g/mol. The molecule has 0 aromatic carbocycles. The first kappa shape index (κ1) is 8.81. The molecule has 0 spiro atoms. The second-order valence-electron chi connectivity index (χ2n) is 3.43. The smallest absolute Gasteiger partial charge is 0.181 e. The van der Waals surface area contributed by atoms with E-state index in [0.29, 0.717) is 12.0 Å². The van der Waals surface area contributed by atoms with Crippen LogP contribution in [0.2, 0.25) is 0 Å². The Morgan fingerprint density at radius 2 is 2.46 bits per heavy atom. The first-order valence-corrected chi connectivity index (χ1v) is 5.35. The summed E-state index contributed by atoms with van der Waals surface area (Å²) in [6.07, 6.45) is 3.09. The van der Waals surface area contributed by atoms with Crippen LogP contribution in [-0.4, -0.2) is 21.8 Å². The summed E-state index contributed by atoms with van der Waals surface area (Å²) in [6, 6.07) is 0.441. The maximum Gasteiger partial charge on any atom is 0.181 e. The lowest BCUT2D eigenvalue weighted by molar-refractivity contribution is 0.543. The fraction of sp³-hybridized carbons (Fsp3) is 0.556. The molecule has 0 N–H and O–H groups in total. The Hall–Kier alpha value is -0.770. The zero-order valence-corrected chi connectivity index (χ0v) is 8.54. The summed E-state index contributed by atoms with van der Waals surface area (Å²) in [4.78, 5) is 8.66. The average Bonchev–Trinajstić information content (AvgIpc) is 2.75. The second kappa shape index (κ2) is 3.54. The van der Waals surface area contributed by atoms with Crippen LogP contribution in [-0.2, 0) is 0 Å². The molecule has 4 heteroatoms. The van der Waals surface area contributed by atoms with Gasteiger partial charge in [0.05, 0.1) is 6.04 Å². The lowest BCUT2D eigenvalue weighted by Gasteiger charge is -2.07. The largest absolute Gasteiger partial charge is 0.451 e. The van der Waals surface area contributed by atoms with Crippen LogP contribution in [0.1, 0.15) is 19.5 Å². The lowest BCUT2D eigenvalue weighted by Crippen LogP contribution is -2.11. The van der Waals surface area contributed by atoms with E-state index in [4.69, 9.17) is 4.42 Å². The van der Waals surface area contributed by atoms with Crippen molar-refractivity contribution in [2.75, 3.05) is 5.75 Å². The highest BCUT2D eigenvalue weighted by Gasteiger charge is 2.22. The summed E-state index contributed by atoms with van der Waals surface area (Å²) in [5.41, 5.74) is 0.869. The van der Waals surface area contributed by atoms with Gasteiger partial charge in [0.25, 0.3) is 0 Å². The molecule has 2 rings (SSSR count). The van der Waals surface area contributed by atoms with Gasteiger partial charge in [0.2, 0.25) is 0 Å². The first-order valence-electron chi connectivity index (χ1n) is 4.36. The fourth-order valence-corrected chi connectivity index (χ4v) is 2.44. The second-order valence-corrected chi connectivity index (χ2v) is 4.44. The highest BCUT2D eigenvalue weighted by molar-refractivity contribution is 8.14. The minimum atomic E-state index is 0.441. The van der Waals surface area contributed by atoms with Crippen LogP contribution >= 0.6 is 11.8 Å². The Morgan fingerprint density at radius 1 is 1.62 bits per heavy atom. The van der Waals surface area contributed by atoms with Gasteiger partial charge in [0, 0.05) is 5.75 Å². The molecular weight excluding hydrogens is 184 g/mol. The topological polar surface area (TPSA) is 38.4 Å². The van der Waals surface area contributed by atoms with Crippen LogP contribution in [0.5, 0.6) is 0 Å². The highest BCUT2D eigenvalue weighted by Crippen LogP contribution is 2.26. The molecule has 70 valence electrons. The summed E-state index contributed by atoms with van der Waals surface area (Å²) in [6.45, 7) is 4.39. The molecule has 0 aliphatic carbocycles. The van der Waals surface area contributed by atoms with Crippen molar-refractivity contribution in [1.82, 2.24) is 4.98 Å². The molecule has 1 aliphatic rings. The van der Waals surface area contributed by atoms with E-state index in [1.165, 1.54) is 6.39 Å². The number of nitrogens with zero attached hydrogens (tertiary/aromatic N) is 2. The van der Waals surface area contributed by atoms with E-state index in [0.717, 1.165) is 16.5 Å². The molecule has 2 heterocycles. The number of hydrogen-bond donors (Lipinski definition) is 0. The Labute approximate surface area is 81.6 Å². The van der Waals surface area contributed by atoms with Crippen LogP contribution in [0.25, 0.3) is 0 Å². The third-order valence-electron chi connectivity index (χ3n) is 2.09. The van der Waals surface area contributed by atoms with Gasteiger partial charge >= 0.3 is 0 Å². The molecule has 1 unspecified atom stereocenters. The zero-order chi connectivity index (χ0) is 9.26. The third-order valence-corrected chi connectivity index (χ3v) is 3.19. The summed E-state index contributed by atoms with van der Waals surface area (Å²) >= 11 is 1.76. The van der Waals surface area contributed by atoms with E-state index < -0.39 is 0 Å². The van der Waals surface area contributed by atoms with Crippen LogP contribution in [0, 0.1) is 5.92 Å². The van der Waals surface area contributed by atoms with E-state index in [2.05, 4.69) is 23.8 Å². The molecule has 3 nitrogen and oxygen atoms in total. The van der Waals surface area contributed by atoms with Crippen molar-refractivity contribution in [2.45, 2.75) is 19.9 Å². The molecule has 1 aromatic heterocycles. The summed E-state index contributed by atoms with van der Waals surface area (Å²) in [5, 5.41) is 1.02. The van der Waals surface area contributed by atoms with Crippen LogP contribution < -0.4 is 0 Å². The van der Waals surface area contributed by atoms with Crippen LogP contribution in [0.15, 0.2) is 22.1 Å². The molecule has 0 saturated heterocycles.